The lowest BCUT2D eigenvalue weighted by Gasteiger charge is -2.52. The molecule has 9 nitrogen and oxygen atoms in total. The monoisotopic (exact) mass is 551 g/mol. The summed E-state index contributed by atoms with van der Waals surface area (Å²) in [6.07, 6.45) is 7.25. The molecular weight excluding hydrogens is 506 g/mol. The third kappa shape index (κ3) is 5.38. The SMILES string of the molecule is CCCCN1C(=O)C(C(O)C2CCCCC2)NC(=O)C12CCN(Cc1c(C)nn(-c3ccc(O)cc3)c1C)CC2. The van der Waals surface area contributed by atoms with Crippen LogP contribution < -0.4 is 5.32 Å². The summed E-state index contributed by atoms with van der Waals surface area (Å²) in [4.78, 5) is 31.8. The molecule has 1 spiro atoms. The van der Waals surface area contributed by atoms with Crippen LogP contribution in [0.5, 0.6) is 5.75 Å². The zero-order valence-corrected chi connectivity index (χ0v) is 24.2. The number of carbonyl (C=O) groups excluding carboxylic acids is 2. The van der Waals surface area contributed by atoms with Crippen LogP contribution in [0.25, 0.3) is 5.69 Å². The Morgan fingerprint density at radius 2 is 1.75 bits per heavy atom. The Kier molecular flexibility index (Phi) is 8.52. The van der Waals surface area contributed by atoms with E-state index in [2.05, 4.69) is 24.1 Å². The van der Waals surface area contributed by atoms with Gasteiger partial charge in [0.1, 0.15) is 17.3 Å². The topological polar surface area (TPSA) is 111 Å². The summed E-state index contributed by atoms with van der Waals surface area (Å²) in [6, 6.07) is 6.19. The summed E-state index contributed by atoms with van der Waals surface area (Å²) in [5.74, 6) is 0.0818. The maximum Gasteiger partial charge on any atom is 0.248 e. The Bertz CT molecular complexity index is 1200. The Labute approximate surface area is 237 Å². The average Bonchev–Trinajstić information content (AvgIpc) is 3.25. The maximum atomic E-state index is 13.9. The van der Waals surface area contributed by atoms with Crippen molar-refractivity contribution >= 4 is 11.8 Å². The Morgan fingerprint density at radius 1 is 1.07 bits per heavy atom. The van der Waals surface area contributed by atoms with Crippen LogP contribution in [0.2, 0.25) is 0 Å². The number of piperidine rings is 1. The van der Waals surface area contributed by atoms with E-state index in [1.165, 1.54) is 6.42 Å². The molecule has 3 heterocycles. The van der Waals surface area contributed by atoms with Crippen molar-refractivity contribution < 1.29 is 19.8 Å². The van der Waals surface area contributed by atoms with Crippen molar-refractivity contribution in [2.45, 2.75) is 103 Å². The predicted molar refractivity (Wildman–Crippen MR) is 153 cm³/mol. The number of aromatic hydroxyl groups is 1. The number of benzene rings is 1. The summed E-state index contributed by atoms with van der Waals surface area (Å²) in [7, 11) is 0. The van der Waals surface area contributed by atoms with Gasteiger partial charge in [0.25, 0.3) is 0 Å². The van der Waals surface area contributed by atoms with E-state index in [1.54, 1.807) is 12.1 Å². The highest BCUT2D eigenvalue weighted by molar-refractivity contribution is 6.00. The standard InChI is InChI=1S/C31H45N5O4/c1-4-5-17-35-29(39)27(28(38)23-9-7-6-8-10-23)32-30(40)31(35)15-18-34(19-16-31)20-26-21(2)33-36(22(26)3)24-11-13-25(37)14-12-24/h11-14,23,27-28,37-38H,4-10,15-20H2,1-3H3,(H,32,40). The summed E-state index contributed by atoms with van der Waals surface area (Å²) in [6.45, 7) is 8.84. The number of unbranched alkanes of at least 4 members (excludes halogenated alkanes) is 1. The van der Waals surface area contributed by atoms with Crippen LogP contribution in [0.1, 0.15) is 81.7 Å². The number of nitrogens with zero attached hydrogens (tertiary/aromatic N) is 4. The highest BCUT2D eigenvalue weighted by atomic mass is 16.3. The number of nitrogens with one attached hydrogen (secondary N) is 1. The number of rotatable bonds is 8. The van der Waals surface area contributed by atoms with Crippen molar-refractivity contribution in [2.75, 3.05) is 19.6 Å². The predicted octanol–water partition coefficient (Wildman–Crippen LogP) is 3.60. The molecule has 1 saturated carbocycles. The van der Waals surface area contributed by atoms with E-state index >= 15 is 0 Å². The van der Waals surface area contributed by atoms with Gasteiger partial charge in [0.2, 0.25) is 11.8 Å². The molecule has 2 saturated heterocycles. The van der Waals surface area contributed by atoms with Crippen molar-refractivity contribution in [1.29, 1.82) is 0 Å². The normalized spacial score (nSPS) is 23.0. The fourth-order valence-electron chi connectivity index (χ4n) is 7.01. The molecule has 2 unspecified atom stereocenters. The van der Waals surface area contributed by atoms with Gasteiger partial charge in [-0.05, 0) is 76.1 Å². The number of carbonyl (C=O) groups is 2. The summed E-state index contributed by atoms with van der Waals surface area (Å²) in [5.41, 5.74) is 3.22. The largest absolute Gasteiger partial charge is 0.508 e. The van der Waals surface area contributed by atoms with E-state index in [4.69, 9.17) is 5.10 Å². The first kappa shape index (κ1) is 28.6. The van der Waals surface area contributed by atoms with Crippen LogP contribution >= 0.6 is 0 Å². The third-order valence-corrected chi connectivity index (χ3v) is 9.57. The molecule has 218 valence electrons. The molecule has 40 heavy (non-hydrogen) atoms. The maximum absolute atomic E-state index is 13.9. The molecule has 0 radical (unpaired) electrons. The zero-order valence-electron chi connectivity index (χ0n) is 24.2. The second-order valence-corrected chi connectivity index (χ2v) is 12.1. The van der Waals surface area contributed by atoms with Gasteiger partial charge in [-0.15, -0.1) is 0 Å². The van der Waals surface area contributed by atoms with Gasteiger partial charge in [-0.2, -0.15) is 5.10 Å². The van der Waals surface area contributed by atoms with Crippen LogP contribution in [0.3, 0.4) is 0 Å². The number of hydrogen-bond acceptors (Lipinski definition) is 6. The van der Waals surface area contributed by atoms with E-state index in [0.29, 0.717) is 32.5 Å². The van der Waals surface area contributed by atoms with Crippen molar-refractivity contribution in [3.05, 3.63) is 41.2 Å². The van der Waals surface area contributed by atoms with E-state index in [0.717, 1.165) is 67.7 Å². The first-order chi connectivity index (χ1) is 19.2. The van der Waals surface area contributed by atoms with Gasteiger partial charge in [0.05, 0.1) is 17.5 Å². The number of likely N-dealkylation sites (tertiary alicyclic amines) is 1. The molecule has 5 rings (SSSR count). The summed E-state index contributed by atoms with van der Waals surface area (Å²) in [5, 5.41) is 28.6. The van der Waals surface area contributed by atoms with Crippen LogP contribution in [-0.4, -0.2) is 78.9 Å². The van der Waals surface area contributed by atoms with Crippen molar-refractivity contribution in [1.82, 2.24) is 24.9 Å². The third-order valence-electron chi connectivity index (χ3n) is 9.57. The lowest BCUT2D eigenvalue weighted by Crippen LogP contribution is -2.75. The van der Waals surface area contributed by atoms with Crippen LogP contribution in [0.15, 0.2) is 24.3 Å². The van der Waals surface area contributed by atoms with Gasteiger partial charge in [0, 0.05) is 37.4 Å². The van der Waals surface area contributed by atoms with Crippen molar-refractivity contribution in [3.8, 4) is 11.4 Å². The first-order valence-electron chi connectivity index (χ1n) is 15.1. The average molecular weight is 552 g/mol. The molecule has 1 aromatic heterocycles. The number of aliphatic hydroxyl groups excluding tert-OH is 1. The van der Waals surface area contributed by atoms with Crippen molar-refractivity contribution in [3.63, 3.8) is 0 Å². The molecule has 3 fully saturated rings. The lowest BCUT2D eigenvalue weighted by atomic mass is 9.78. The second-order valence-electron chi connectivity index (χ2n) is 12.1. The van der Waals surface area contributed by atoms with Gasteiger partial charge < -0.3 is 20.4 Å². The molecule has 9 heteroatoms. The van der Waals surface area contributed by atoms with Crippen LogP contribution in [0, 0.1) is 19.8 Å². The number of amides is 2. The highest BCUT2D eigenvalue weighted by Crippen LogP contribution is 2.37. The summed E-state index contributed by atoms with van der Waals surface area (Å²) >= 11 is 0. The van der Waals surface area contributed by atoms with Gasteiger partial charge >= 0.3 is 0 Å². The van der Waals surface area contributed by atoms with Gasteiger partial charge in [0.15, 0.2) is 0 Å². The van der Waals surface area contributed by atoms with Gasteiger partial charge in [-0.3, -0.25) is 14.5 Å². The Balaban J connectivity index is 1.30. The number of phenols is 1. The highest BCUT2D eigenvalue weighted by Gasteiger charge is 2.55. The molecule has 2 aliphatic heterocycles. The van der Waals surface area contributed by atoms with E-state index in [-0.39, 0.29) is 23.5 Å². The molecular formula is C31H45N5O4. The first-order valence-corrected chi connectivity index (χ1v) is 15.1. The molecule has 1 aromatic carbocycles. The minimum atomic E-state index is -0.855. The van der Waals surface area contributed by atoms with E-state index in [1.807, 2.05) is 28.6 Å². The van der Waals surface area contributed by atoms with Crippen molar-refractivity contribution in [2.24, 2.45) is 5.92 Å². The van der Waals surface area contributed by atoms with E-state index in [9.17, 15) is 19.8 Å². The number of hydrogen-bond donors (Lipinski definition) is 3. The number of piperazine rings is 1. The fourth-order valence-corrected chi connectivity index (χ4v) is 7.01. The molecule has 3 aliphatic rings. The molecule has 2 aromatic rings. The molecule has 3 N–H and O–H groups in total. The number of aromatic nitrogens is 2. The second kappa shape index (κ2) is 11.9. The molecule has 1 aliphatic carbocycles. The van der Waals surface area contributed by atoms with Crippen LogP contribution in [-0.2, 0) is 16.1 Å². The Hall–Kier alpha value is -2.91. The molecule has 0 bridgehead atoms. The molecule has 2 atom stereocenters. The zero-order chi connectivity index (χ0) is 28.4. The molecule has 2 amide bonds. The number of aliphatic hydroxyl groups is 1. The fraction of sp³-hybridized carbons (Fsp3) is 0.645. The van der Waals surface area contributed by atoms with Gasteiger partial charge in [-0.25, -0.2) is 4.68 Å². The lowest BCUT2D eigenvalue weighted by molar-refractivity contribution is -0.166. The van der Waals surface area contributed by atoms with Crippen LogP contribution in [0.4, 0.5) is 0 Å². The number of aryl methyl sites for hydroxylation is 1. The smallest absolute Gasteiger partial charge is 0.248 e. The summed E-state index contributed by atoms with van der Waals surface area (Å²) < 4.78 is 1.91. The van der Waals surface area contributed by atoms with Gasteiger partial charge in [-0.1, -0.05) is 32.6 Å². The number of phenolic OH excluding ortho intramolecular Hbond substituents is 1. The quantitative estimate of drug-likeness (QED) is 0.463. The minimum absolute atomic E-state index is 0.0703. The van der Waals surface area contributed by atoms with E-state index < -0.39 is 17.7 Å². The minimum Gasteiger partial charge on any atom is -0.508 e. The Morgan fingerprint density at radius 3 is 2.40 bits per heavy atom.